The van der Waals surface area contributed by atoms with Crippen molar-refractivity contribution in [3.05, 3.63) is 12.7 Å². The van der Waals surface area contributed by atoms with Crippen LogP contribution in [0, 0.1) is 0 Å². The third-order valence-electron chi connectivity index (χ3n) is 2.85. The van der Waals surface area contributed by atoms with Gasteiger partial charge in [0.1, 0.15) is 18.1 Å². The van der Waals surface area contributed by atoms with Crippen molar-refractivity contribution in [2.24, 2.45) is 0 Å². The Kier molecular flexibility index (Phi) is 2.21. The second-order valence-corrected chi connectivity index (χ2v) is 3.90. The first-order chi connectivity index (χ1) is 7.86. The maximum absolute atomic E-state index is 5.73. The van der Waals surface area contributed by atoms with Crippen LogP contribution in [-0.4, -0.2) is 26.1 Å². The topological polar surface area (TPSA) is 78.9 Å². The average Bonchev–Trinajstić information content (AvgIpc) is 2.75. The molecule has 1 fully saturated rings. The Hall–Kier alpha value is -1.69. The van der Waals surface area contributed by atoms with E-state index in [2.05, 4.69) is 15.0 Å². The van der Waals surface area contributed by atoms with Crippen LogP contribution in [0.4, 0.5) is 5.82 Å². The highest BCUT2D eigenvalue weighted by Gasteiger charge is 2.19. The minimum atomic E-state index is 0.0352. The van der Waals surface area contributed by atoms with Gasteiger partial charge in [-0.05, 0) is 19.3 Å². The number of nitrogen functional groups attached to an aromatic ring is 1. The molecule has 0 amide bonds. The molecule has 2 aromatic heterocycles. The molecule has 0 spiro atoms. The SMILES string of the molecule is Nc1ncnc2c1ncn2[C@@H]1CCCCO1. The van der Waals surface area contributed by atoms with Crippen LogP contribution in [0.2, 0.25) is 0 Å². The number of hydrogen-bond donors (Lipinski definition) is 1. The molecule has 2 aromatic rings. The van der Waals surface area contributed by atoms with E-state index in [4.69, 9.17) is 10.5 Å². The fraction of sp³-hybridized carbons (Fsp3) is 0.500. The molecule has 0 saturated carbocycles. The standard InChI is InChI=1S/C10H13N5O/c11-9-8-10(13-5-12-9)15(6-14-8)7-3-1-2-4-16-7/h5-7H,1-4H2,(H2,11,12,13)/t7-/m0/s1. The Labute approximate surface area is 92.5 Å². The van der Waals surface area contributed by atoms with E-state index in [9.17, 15) is 0 Å². The molecular weight excluding hydrogens is 206 g/mol. The number of nitrogens with zero attached hydrogens (tertiary/aromatic N) is 4. The first kappa shape index (κ1) is 9.53. The van der Waals surface area contributed by atoms with Gasteiger partial charge in [-0.25, -0.2) is 15.0 Å². The van der Waals surface area contributed by atoms with Gasteiger partial charge in [0.05, 0.1) is 6.33 Å². The van der Waals surface area contributed by atoms with Crippen molar-refractivity contribution in [3.63, 3.8) is 0 Å². The van der Waals surface area contributed by atoms with Crippen molar-refractivity contribution in [1.82, 2.24) is 19.5 Å². The number of anilines is 1. The molecule has 3 rings (SSSR count). The second-order valence-electron chi connectivity index (χ2n) is 3.90. The predicted molar refractivity (Wildman–Crippen MR) is 58.6 cm³/mol. The van der Waals surface area contributed by atoms with Gasteiger partial charge in [0.2, 0.25) is 0 Å². The molecule has 6 heteroatoms. The van der Waals surface area contributed by atoms with Crippen molar-refractivity contribution >= 4 is 17.0 Å². The van der Waals surface area contributed by atoms with Crippen LogP contribution in [0.1, 0.15) is 25.5 Å². The van der Waals surface area contributed by atoms with Crippen molar-refractivity contribution < 1.29 is 4.74 Å². The molecule has 16 heavy (non-hydrogen) atoms. The molecule has 0 aliphatic carbocycles. The van der Waals surface area contributed by atoms with Crippen LogP contribution in [-0.2, 0) is 4.74 Å². The molecule has 0 bridgehead atoms. The highest BCUT2D eigenvalue weighted by Crippen LogP contribution is 2.26. The minimum Gasteiger partial charge on any atom is -0.382 e. The zero-order valence-electron chi connectivity index (χ0n) is 8.83. The van der Waals surface area contributed by atoms with Gasteiger partial charge in [0.25, 0.3) is 0 Å². The lowest BCUT2D eigenvalue weighted by atomic mass is 10.2. The Morgan fingerprint density at radius 1 is 1.31 bits per heavy atom. The number of imidazole rings is 1. The smallest absolute Gasteiger partial charge is 0.167 e. The molecular formula is C10H13N5O. The van der Waals surface area contributed by atoms with E-state index in [-0.39, 0.29) is 6.23 Å². The van der Waals surface area contributed by atoms with Gasteiger partial charge in [0, 0.05) is 6.61 Å². The summed E-state index contributed by atoms with van der Waals surface area (Å²) in [6, 6.07) is 0. The van der Waals surface area contributed by atoms with Crippen LogP contribution in [0.25, 0.3) is 11.2 Å². The third kappa shape index (κ3) is 1.42. The van der Waals surface area contributed by atoms with Crippen LogP contribution in [0.5, 0.6) is 0 Å². The lowest BCUT2D eigenvalue weighted by Gasteiger charge is -2.23. The highest BCUT2D eigenvalue weighted by molar-refractivity contribution is 5.81. The molecule has 1 aliphatic heterocycles. The summed E-state index contributed by atoms with van der Waals surface area (Å²) in [6.45, 7) is 0.797. The summed E-state index contributed by atoms with van der Waals surface area (Å²) in [5, 5.41) is 0. The lowest BCUT2D eigenvalue weighted by Crippen LogP contribution is -2.17. The van der Waals surface area contributed by atoms with Crippen molar-refractivity contribution in [2.45, 2.75) is 25.5 Å². The van der Waals surface area contributed by atoms with Crippen LogP contribution in [0.15, 0.2) is 12.7 Å². The molecule has 1 atom stereocenters. The highest BCUT2D eigenvalue weighted by atomic mass is 16.5. The van der Waals surface area contributed by atoms with Gasteiger partial charge >= 0.3 is 0 Å². The number of aromatic nitrogens is 4. The normalized spacial score (nSPS) is 21.4. The lowest BCUT2D eigenvalue weighted by molar-refractivity contribution is -0.0298. The van der Waals surface area contributed by atoms with Gasteiger partial charge in [-0.2, -0.15) is 0 Å². The van der Waals surface area contributed by atoms with Crippen LogP contribution in [0.3, 0.4) is 0 Å². The van der Waals surface area contributed by atoms with E-state index in [0.29, 0.717) is 11.3 Å². The van der Waals surface area contributed by atoms with E-state index in [1.165, 1.54) is 12.7 Å². The summed E-state index contributed by atoms with van der Waals surface area (Å²) >= 11 is 0. The van der Waals surface area contributed by atoms with Gasteiger partial charge in [0.15, 0.2) is 11.5 Å². The molecule has 1 aliphatic rings. The molecule has 0 aromatic carbocycles. The zero-order chi connectivity index (χ0) is 11.0. The van der Waals surface area contributed by atoms with Gasteiger partial charge in [-0.1, -0.05) is 0 Å². The summed E-state index contributed by atoms with van der Waals surface area (Å²) in [6.07, 6.45) is 6.51. The first-order valence-corrected chi connectivity index (χ1v) is 5.41. The summed E-state index contributed by atoms with van der Waals surface area (Å²) < 4.78 is 7.63. The van der Waals surface area contributed by atoms with E-state index < -0.39 is 0 Å². The van der Waals surface area contributed by atoms with Crippen LogP contribution < -0.4 is 5.73 Å². The zero-order valence-corrected chi connectivity index (χ0v) is 8.83. The number of ether oxygens (including phenoxy) is 1. The first-order valence-electron chi connectivity index (χ1n) is 5.41. The molecule has 0 unspecified atom stereocenters. The maximum atomic E-state index is 5.73. The summed E-state index contributed by atoms with van der Waals surface area (Å²) in [7, 11) is 0. The molecule has 84 valence electrons. The van der Waals surface area contributed by atoms with E-state index in [1.807, 2.05) is 4.57 Å². The maximum Gasteiger partial charge on any atom is 0.167 e. The molecule has 1 saturated heterocycles. The van der Waals surface area contributed by atoms with Crippen molar-refractivity contribution in [3.8, 4) is 0 Å². The Morgan fingerprint density at radius 3 is 3.06 bits per heavy atom. The second kappa shape index (κ2) is 3.71. The summed E-state index contributed by atoms with van der Waals surface area (Å²) in [5.74, 6) is 0.416. The third-order valence-corrected chi connectivity index (χ3v) is 2.85. The van der Waals surface area contributed by atoms with Crippen LogP contribution >= 0.6 is 0 Å². The minimum absolute atomic E-state index is 0.0352. The summed E-state index contributed by atoms with van der Waals surface area (Å²) in [5.41, 5.74) is 7.13. The fourth-order valence-electron chi connectivity index (χ4n) is 2.02. The quantitative estimate of drug-likeness (QED) is 0.777. The van der Waals surface area contributed by atoms with Gasteiger partial charge in [-0.3, -0.25) is 4.57 Å². The predicted octanol–water partition coefficient (Wildman–Crippen LogP) is 1.11. The van der Waals surface area contributed by atoms with Gasteiger partial charge in [-0.15, -0.1) is 0 Å². The average molecular weight is 219 g/mol. The monoisotopic (exact) mass is 219 g/mol. The van der Waals surface area contributed by atoms with E-state index in [1.54, 1.807) is 6.33 Å². The number of hydrogen-bond acceptors (Lipinski definition) is 5. The van der Waals surface area contributed by atoms with Gasteiger partial charge < -0.3 is 10.5 Å². The van der Waals surface area contributed by atoms with Crippen molar-refractivity contribution in [2.75, 3.05) is 12.3 Å². The molecule has 2 N–H and O–H groups in total. The number of nitrogens with two attached hydrogens (primary N) is 1. The Morgan fingerprint density at radius 2 is 2.25 bits per heavy atom. The Bertz CT molecular complexity index is 503. The number of fused-ring (bicyclic) bond motifs is 1. The number of rotatable bonds is 1. The molecule has 0 radical (unpaired) electrons. The molecule has 6 nitrogen and oxygen atoms in total. The molecule has 3 heterocycles. The van der Waals surface area contributed by atoms with Crippen molar-refractivity contribution in [1.29, 1.82) is 0 Å². The summed E-state index contributed by atoms with van der Waals surface area (Å²) in [4.78, 5) is 12.3. The largest absolute Gasteiger partial charge is 0.382 e. The van der Waals surface area contributed by atoms with E-state index in [0.717, 1.165) is 25.1 Å². The van der Waals surface area contributed by atoms with E-state index >= 15 is 0 Å². The Balaban J connectivity index is 2.06. The fourth-order valence-corrected chi connectivity index (χ4v) is 2.02.